The first kappa shape index (κ1) is 13.7. The van der Waals surface area contributed by atoms with Gasteiger partial charge in [-0.1, -0.05) is 31.0 Å². The summed E-state index contributed by atoms with van der Waals surface area (Å²) in [4.78, 5) is 26.2. The summed E-state index contributed by atoms with van der Waals surface area (Å²) in [5.41, 5.74) is 5.85. The first-order chi connectivity index (χ1) is 10.1. The molecule has 1 aromatic carbocycles. The summed E-state index contributed by atoms with van der Waals surface area (Å²) in [6.45, 7) is 0. The Hall–Kier alpha value is -2.30. The zero-order chi connectivity index (χ0) is 15.0. The largest absolute Gasteiger partial charge is 0.463 e. The highest BCUT2D eigenvalue weighted by molar-refractivity contribution is 6.07. The Morgan fingerprint density at radius 2 is 1.90 bits per heavy atom. The lowest BCUT2D eigenvalue weighted by Crippen LogP contribution is -2.56. The summed E-state index contributed by atoms with van der Waals surface area (Å²) in [5.74, 6) is -0.649. The third-order valence-corrected chi connectivity index (χ3v) is 4.55. The van der Waals surface area contributed by atoms with Gasteiger partial charge in [-0.3, -0.25) is 9.59 Å². The highest BCUT2D eigenvalue weighted by Crippen LogP contribution is 2.36. The van der Waals surface area contributed by atoms with E-state index >= 15 is 0 Å². The molecular formula is C16H18N2O3. The van der Waals surface area contributed by atoms with E-state index in [9.17, 15) is 9.59 Å². The average Bonchev–Trinajstić information content (AvgIpc) is 3.13. The van der Waals surface area contributed by atoms with Crippen LogP contribution in [0.2, 0.25) is 0 Å². The Balaban J connectivity index is 1.99. The molecule has 110 valence electrons. The van der Waals surface area contributed by atoms with E-state index in [1.165, 1.54) is 11.2 Å². The van der Waals surface area contributed by atoms with E-state index < -0.39 is 11.4 Å². The van der Waals surface area contributed by atoms with Crippen molar-refractivity contribution >= 4 is 22.8 Å². The second kappa shape index (κ2) is 4.91. The maximum absolute atomic E-state index is 12.8. The minimum atomic E-state index is -0.866. The van der Waals surface area contributed by atoms with Crippen molar-refractivity contribution in [3.63, 3.8) is 0 Å². The third-order valence-electron chi connectivity index (χ3n) is 4.55. The number of carbonyl (C=O) groups excluding carboxylic acids is 2. The van der Waals surface area contributed by atoms with E-state index in [1.54, 1.807) is 7.05 Å². The van der Waals surface area contributed by atoms with Gasteiger partial charge in [-0.25, -0.2) is 0 Å². The molecule has 1 heterocycles. The van der Waals surface area contributed by atoms with Gasteiger partial charge in [0.2, 0.25) is 5.91 Å². The smallest absolute Gasteiger partial charge is 0.258 e. The predicted octanol–water partition coefficient (Wildman–Crippen LogP) is 2.30. The van der Waals surface area contributed by atoms with Crippen LogP contribution in [0.3, 0.4) is 0 Å². The fourth-order valence-corrected chi connectivity index (χ4v) is 3.23. The van der Waals surface area contributed by atoms with Crippen LogP contribution in [-0.2, 0) is 4.79 Å². The number of primary amides is 1. The lowest BCUT2D eigenvalue weighted by Gasteiger charge is -2.35. The van der Waals surface area contributed by atoms with Gasteiger partial charge in [0.1, 0.15) is 17.4 Å². The number of nitrogens with zero attached hydrogens (tertiary/aromatic N) is 1. The molecule has 0 unspecified atom stereocenters. The molecule has 0 aliphatic heterocycles. The van der Waals surface area contributed by atoms with E-state index in [4.69, 9.17) is 10.2 Å². The molecule has 3 rings (SSSR count). The molecule has 0 atom stereocenters. The van der Waals surface area contributed by atoms with Crippen LogP contribution in [0.25, 0.3) is 11.0 Å². The lowest BCUT2D eigenvalue weighted by atomic mass is 9.93. The number of para-hydroxylation sites is 1. The number of amides is 2. The lowest BCUT2D eigenvalue weighted by molar-refractivity contribution is -0.127. The summed E-state index contributed by atoms with van der Waals surface area (Å²) in [5, 5.41) is 0.756. The van der Waals surface area contributed by atoms with Gasteiger partial charge in [0.05, 0.1) is 5.56 Å². The Kier molecular flexibility index (Phi) is 3.20. The SMILES string of the molecule is CN(C(=O)c1coc2ccccc12)C1(C(N)=O)CCCC1. The Morgan fingerprint density at radius 3 is 2.57 bits per heavy atom. The van der Waals surface area contributed by atoms with E-state index in [1.807, 2.05) is 24.3 Å². The fraction of sp³-hybridized carbons (Fsp3) is 0.375. The van der Waals surface area contributed by atoms with Crippen LogP contribution in [0.1, 0.15) is 36.0 Å². The summed E-state index contributed by atoms with van der Waals surface area (Å²) < 4.78 is 5.41. The monoisotopic (exact) mass is 286 g/mol. The molecule has 0 radical (unpaired) electrons. The zero-order valence-electron chi connectivity index (χ0n) is 12.0. The summed E-state index contributed by atoms with van der Waals surface area (Å²) >= 11 is 0. The first-order valence-electron chi connectivity index (χ1n) is 7.10. The number of nitrogens with two attached hydrogens (primary N) is 1. The maximum atomic E-state index is 12.8. The van der Waals surface area contributed by atoms with Crippen molar-refractivity contribution in [3.05, 3.63) is 36.1 Å². The van der Waals surface area contributed by atoms with Gasteiger partial charge in [-0.05, 0) is 18.9 Å². The molecule has 0 saturated heterocycles. The Bertz CT molecular complexity index is 698. The number of likely N-dealkylation sites (N-methyl/N-ethyl adjacent to an activating group) is 1. The number of fused-ring (bicyclic) bond motifs is 1. The average molecular weight is 286 g/mol. The van der Waals surface area contributed by atoms with Gasteiger partial charge in [-0.15, -0.1) is 0 Å². The second-order valence-electron chi connectivity index (χ2n) is 5.61. The van der Waals surface area contributed by atoms with Crippen LogP contribution in [0, 0.1) is 0 Å². The van der Waals surface area contributed by atoms with Crippen LogP contribution in [0.4, 0.5) is 0 Å². The molecule has 1 saturated carbocycles. The van der Waals surface area contributed by atoms with Gasteiger partial charge in [0, 0.05) is 12.4 Å². The van der Waals surface area contributed by atoms with Crippen molar-refractivity contribution in [1.29, 1.82) is 0 Å². The standard InChI is InChI=1S/C16H18N2O3/c1-18(16(15(17)20)8-4-5-9-16)14(19)12-10-21-13-7-3-2-6-11(12)13/h2-3,6-7,10H,4-5,8-9H2,1H3,(H2,17,20). The highest BCUT2D eigenvalue weighted by atomic mass is 16.3. The molecule has 21 heavy (non-hydrogen) atoms. The van der Waals surface area contributed by atoms with E-state index in [0.717, 1.165) is 18.2 Å². The van der Waals surface area contributed by atoms with E-state index in [2.05, 4.69) is 0 Å². The molecule has 1 fully saturated rings. The number of hydrogen-bond acceptors (Lipinski definition) is 3. The topological polar surface area (TPSA) is 76.5 Å². The van der Waals surface area contributed by atoms with Crippen LogP contribution in [0.5, 0.6) is 0 Å². The van der Waals surface area contributed by atoms with E-state index in [-0.39, 0.29) is 5.91 Å². The van der Waals surface area contributed by atoms with Crippen molar-refractivity contribution in [2.75, 3.05) is 7.05 Å². The quantitative estimate of drug-likeness (QED) is 0.940. The van der Waals surface area contributed by atoms with Gasteiger partial charge in [-0.2, -0.15) is 0 Å². The minimum Gasteiger partial charge on any atom is -0.463 e. The van der Waals surface area contributed by atoms with Crippen LogP contribution < -0.4 is 5.73 Å². The first-order valence-corrected chi connectivity index (χ1v) is 7.10. The molecule has 5 heteroatoms. The van der Waals surface area contributed by atoms with Crippen molar-refractivity contribution in [1.82, 2.24) is 4.90 Å². The third kappa shape index (κ3) is 2.00. The predicted molar refractivity (Wildman–Crippen MR) is 78.7 cm³/mol. The highest BCUT2D eigenvalue weighted by Gasteiger charge is 2.45. The van der Waals surface area contributed by atoms with Crippen molar-refractivity contribution in [3.8, 4) is 0 Å². The van der Waals surface area contributed by atoms with Crippen molar-refractivity contribution < 1.29 is 14.0 Å². The molecule has 2 amide bonds. The summed E-state index contributed by atoms with van der Waals surface area (Å²) in [7, 11) is 1.65. The molecule has 2 aromatic rings. The maximum Gasteiger partial charge on any atom is 0.258 e. The minimum absolute atomic E-state index is 0.222. The molecule has 0 spiro atoms. The number of carbonyl (C=O) groups is 2. The second-order valence-corrected chi connectivity index (χ2v) is 5.61. The number of furan rings is 1. The number of hydrogen-bond donors (Lipinski definition) is 1. The van der Waals surface area contributed by atoms with Gasteiger partial charge >= 0.3 is 0 Å². The number of benzene rings is 1. The molecular weight excluding hydrogens is 268 g/mol. The van der Waals surface area contributed by atoms with Crippen molar-refractivity contribution in [2.45, 2.75) is 31.2 Å². The van der Waals surface area contributed by atoms with Gasteiger partial charge in [0.25, 0.3) is 5.91 Å². The summed E-state index contributed by atoms with van der Waals surface area (Å²) in [6, 6.07) is 7.36. The molecule has 1 aliphatic rings. The van der Waals surface area contributed by atoms with Crippen LogP contribution in [-0.4, -0.2) is 29.3 Å². The molecule has 0 bridgehead atoms. The molecule has 2 N–H and O–H groups in total. The normalized spacial score (nSPS) is 17.0. The molecule has 1 aromatic heterocycles. The number of rotatable bonds is 3. The van der Waals surface area contributed by atoms with E-state index in [0.29, 0.717) is 24.0 Å². The fourth-order valence-electron chi connectivity index (χ4n) is 3.23. The molecule has 1 aliphatic carbocycles. The Labute approximate surface area is 122 Å². The summed E-state index contributed by atoms with van der Waals surface area (Å²) in [6.07, 6.45) is 4.52. The van der Waals surface area contributed by atoms with Gasteiger partial charge < -0.3 is 15.1 Å². The van der Waals surface area contributed by atoms with Gasteiger partial charge in [0.15, 0.2) is 0 Å². The van der Waals surface area contributed by atoms with Crippen molar-refractivity contribution in [2.24, 2.45) is 5.73 Å². The zero-order valence-corrected chi connectivity index (χ0v) is 12.0. The Morgan fingerprint density at radius 1 is 1.24 bits per heavy atom. The van der Waals surface area contributed by atoms with Crippen LogP contribution >= 0.6 is 0 Å². The van der Waals surface area contributed by atoms with Crippen LogP contribution in [0.15, 0.2) is 34.9 Å². The molecule has 5 nitrogen and oxygen atoms in total.